The molecule has 1 amide bonds. The van der Waals surface area contributed by atoms with E-state index in [4.69, 9.17) is 16.7 Å². The number of pyridine rings is 1. The summed E-state index contributed by atoms with van der Waals surface area (Å²) in [6, 6.07) is 1.56. The Kier molecular flexibility index (Phi) is 3.02. The molecule has 0 bridgehead atoms. The fourth-order valence-corrected chi connectivity index (χ4v) is 2.42. The Bertz CT molecular complexity index is 516. The predicted octanol–water partition coefficient (Wildman–Crippen LogP) is 2.03. The van der Waals surface area contributed by atoms with E-state index >= 15 is 0 Å². The maximum Gasteiger partial charge on any atom is 0.307 e. The van der Waals surface area contributed by atoms with Crippen LogP contribution in [0.1, 0.15) is 13.8 Å². The van der Waals surface area contributed by atoms with E-state index in [0.29, 0.717) is 10.7 Å². The second kappa shape index (κ2) is 4.24. The van der Waals surface area contributed by atoms with Gasteiger partial charge in [0.25, 0.3) is 0 Å². The van der Waals surface area contributed by atoms with E-state index in [1.807, 2.05) is 0 Å². The van der Waals surface area contributed by atoms with E-state index in [1.54, 1.807) is 19.9 Å². The fraction of sp³-hybridized carbons (Fsp3) is 0.417. The van der Waals surface area contributed by atoms with Crippen LogP contribution in [0.2, 0.25) is 5.02 Å². The summed E-state index contributed by atoms with van der Waals surface area (Å²) in [5.74, 6) is -2.46. The van der Waals surface area contributed by atoms with Crippen LogP contribution in [0.5, 0.6) is 0 Å². The van der Waals surface area contributed by atoms with Gasteiger partial charge in [0.2, 0.25) is 5.91 Å². The number of hydrogen-bond acceptors (Lipinski definition) is 3. The molecule has 6 heteroatoms. The molecule has 1 aromatic heterocycles. The van der Waals surface area contributed by atoms with Gasteiger partial charge in [-0.3, -0.25) is 14.6 Å². The molecule has 1 aliphatic rings. The Labute approximate surface area is 109 Å². The van der Waals surface area contributed by atoms with Crippen LogP contribution in [-0.4, -0.2) is 22.0 Å². The Balaban J connectivity index is 2.11. The summed E-state index contributed by atoms with van der Waals surface area (Å²) in [7, 11) is 0. The summed E-state index contributed by atoms with van der Waals surface area (Å²) >= 11 is 5.89. The van der Waals surface area contributed by atoms with Crippen molar-refractivity contribution < 1.29 is 14.7 Å². The number of carbonyl (C=O) groups is 2. The summed E-state index contributed by atoms with van der Waals surface area (Å²) < 4.78 is 0. The number of nitrogens with zero attached hydrogens (tertiary/aromatic N) is 1. The molecule has 1 fully saturated rings. The van der Waals surface area contributed by atoms with Gasteiger partial charge in [-0.05, 0) is 11.5 Å². The van der Waals surface area contributed by atoms with Gasteiger partial charge in [-0.25, -0.2) is 0 Å². The summed E-state index contributed by atoms with van der Waals surface area (Å²) in [4.78, 5) is 26.8. The highest BCUT2D eigenvalue weighted by Gasteiger charge is 2.65. The minimum absolute atomic E-state index is 0.331. The van der Waals surface area contributed by atoms with E-state index in [2.05, 4.69) is 10.3 Å². The van der Waals surface area contributed by atoms with Crippen LogP contribution in [0.3, 0.4) is 0 Å². The number of halogens is 1. The summed E-state index contributed by atoms with van der Waals surface area (Å²) in [6.45, 7) is 3.53. The van der Waals surface area contributed by atoms with Gasteiger partial charge >= 0.3 is 5.97 Å². The lowest BCUT2D eigenvalue weighted by Crippen LogP contribution is -2.18. The van der Waals surface area contributed by atoms with Crippen LogP contribution >= 0.6 is 11.6 Å². The molecule has 2 atom stereocenters. The first-order chi connectivity index (χ1) is 8.35. The second-order valence-electron chi connectivity index (χ2n) is 4.96. The van der Waals surface area contributed by atoms with Gasteiger partial charge in [-0.2, -0.15) is 0 Å². The number of carboxylic acid groups (broad SMARTS) is 1. The van der Waals surface area contributed by atoms with Gasteiger partial charge in [0.05, 0.1) is 28.7 Å². The van der Waals surface area contributed by atoms with Crippen molar-refractivity contribution in [1.29, 1.82) is 0 Å². The van der Waals surface area contributed by atoms with Crippen molar-refractivity contribution in [1.82, 2.24) is 4.98 Å². The van der Waals surface area contributed by atoms with Crippen LogP contribution < -0.4 is 5.32 Å². The number of carboxylic acids is 1. The maximum atomic E-state index is 12.0. The fourth-order valence-electron chi connectivity index (χ4n) is 2.27. The quantitative estimate of drug-likeness (QED) is 0.879. The molecule has 1 aliphatic carbocycles. The average Bonchev–Trinajstić information content (AvgIpc) is 2.85. The molecule has 0 aliphatic heterocycles. The van der Waals surface area contributed by atoms with Gasteiger partial charge in [0.15, 0.2) is 0 Å². The normalized spacial score (nSPS) is 24.4. The topological polar surface area (TPSA) is 79.3 Å². The van der Waals surface area contributed by atoms with Crippen molar-refractivity contribution >= 4 is 29.2 Å². The third kappa shape index (κ3) is 2.06. The number of hydrogen-bond donors (Lipinski definition) is 2. The molecule has 2 rings (SSSR count). The van der Waals surface area contributed by atoms with Crippen molar-refractivity contribution in [3.05, 3.63) is 23.5 Å². The van der Waals surface area contributed by atoms with Crippen LogP contribution in [0.15, 0.2) is 18.5 Å². The molecule has 2 N–H and O–H groups in total. The van der Waals surface area contributed by atoms with Crippen molar-refractivity contribution in [3.8, 4) is 0 Å². The summed E-state index contributed by atoms with van der Waals surface area (Å²) in [6.07, 6.45) is 2.95. The van der Waals surface area contributed by atoms with E-state index in [1.165, 1.54) is 12.4 Å². The maximum absolute atomic E-state index is 12.0. The zero-order valence-electron chi connectivity index (χ0n) is 9.98. The number of anilines is 1. The zero-order chi connectivity index (χ0) is 13.5. The Morgan fingerprint density at radius 2 is 2.11 bits per heavy atom. The highest BCUT2D eigenvalue weighted by molar-refractivity contribution is 6.33. The number of nitrogens with one attached hydrogen (secondary N) is 1. The second-order valence-corrected chi connectivity index (χ2v) is 5.37. The highest BCUT2D eigenvalue weighted by atomic mass is 35.5. The van der Waals surface area contributed by atoms with Crippen molar-refractivity contribution in [3.63, 3.8) is 0 Å². The van der Waals surface area contributed by atoms with Gasteiger partial charge in [0, 0.05) is 6.20 Å². The largest absolute Gasteiger partial charge is 0.481 e. The molecule has 0 saturated heterocycles. The van der Waals surface area contributed by atoms with Gasteiger partial charge < -0.3 is 10.4 Å². The molecular weight excluding hydrogens is 256 g/mol. The first-order valence-electron chi connectivity index (χ1n) is 5.49. The molecule has 0 aromatic carbocycles. The highest BCUT2D eigenvalue weighted by Crippen LogP contribution is 2.58. The van der Waals surface area contributed by atoms with E-state index in [9.17, 15) is 9.59 Å². The Morgan fingerprint density at radius 1 is 1.44 bits per heavy atom. The molecule has 2 unspecified atom stereocenters. The van der Waals surface area contributed by atoms with Crippen molar-refractivity contribution in [2.75, 3.05) is 5.32 Å². The van der Waals surface area contributed by atoms with Crippen LogP contribution in [0.4, 0.5) is 5.69 Å². The Hall–Kier alpha value is -1.62. The SMILES string of the molecule is CC1(C)C(C(=O)O)C1C(=O)Nc1cnccc1Cl. The van der Waals surface area contributed by atoms with Gasteiger partial charge in [0.1, 0.15) is 0 Å². The predicted molar refractivity (Wildman–Crippen MR) is 66.3 cm³/mol. The zero-order valence-corrected chi connectivity index (χ0v) is 10.7. The van der Waals surface area contributed by atoms with Crippen LogP contribution in [-0.2, 0) is 9.59 Å². The minimum atomic E-state index is -0.947. The number of aliphatic carboxylic acids is 1. The average molecular weight is 269 g/mol. The molecule has 1 heterocycles. The molecule has 18 heavy (non-hydrogen) atoms. The molecule has 5 nitrogen and oxygen atoms in total. The Morgan fingerprint density at radius 3 is 2.61 bits per heavy atom. The molecule has 1 saturated carbocycles. The first kappa shape index (κ1) is 12.8. The van der Waals surface area contributed by atoms with E-state index in [0.717, 1.165) is 0 Å². The van der Waals surface area contributed by atoms with Gasteiger partial charge in [-0.15, -0.1) is 0 Å². The molecule has 0 radical (unpaired) electrons. The van der Waals surface area contributed by atoms with E-state index < -0.39 is 23.2 Å². The van der Waals surface area contributed by atoms with Gasteiger partial charge in [-0.1, -0.05) is 25.4 Å². The summed E-state index contributed by atoms with van der Waals surface area (Å²) in [5, 5.41) is 12.0. The lowest BCUT2D eigenvalue weighted by Gasteiger charge is -2.06. The monoisotopic (exact) mass is 268 g/mol. The number of carbonyl (C=O) groups excluding carboxylic acids is 1. The first-order valence-corrected chi connectivity index (χ1v) is 5.86. The van der Waals surface area contributed by atoms with Crippen LogP contribution in [0, 0.1) is 17.3 Å². The number of rotatable bonds is 3. The third-order valence-corrected chi connectivity index (χ3v) is 3.73. The minimum Gasteiger partial charge on any atom is -0.481 e. The standard InChI is InChI=1S/C12H13ClN2O3/c1-12(2)8(9(12)11(17)18)10(16)15-7-5-14-4-3-6(7)13/h3-5,8-9H,1-2H3,(H,15,16)(H,17,18). The molecule has 1 aromatic rings. The third-order valence-electron chi connectivity index (χ3n) is 3.40. The molecule has 0 spiro atoms. The van der Waals surface area contributed by atoms with Crippen molar-refractivity contribution in [2.24, 2.45) is 17.3 Å². The smallest absolute Gasteiger partial charge is 0.307 e. The lowest BCUT2D eigenvalue weighted by molar-refractivity contribution is -0.140. The van der Waals surface area contributed by atoms with Crippen molar-refractivity contribution in [2.45, 2.75) is 13.8 Å². The van der Waals surface area contributed by atoms with E-state index in [-0.39, 0.29) is 5.91 Å². The summed E-state index contributed by atoms with van der Waals surface area (Å²) in [5.41, 5.74) is -0.124. The molecular formula is C12H13ClN2O3. The van der Waals surface area contributed by atoms with Crippen LogP contribution in [0.25, 0.3) is 0 Å². The number of aromatic nitrogens is 1. The molecule has 96 valence electrons. The number of amides is 1. The lowest BCUT2D eigenvalue weighted by atomic mass is 10.1.